The number of amides is 3. The van der Waals surface area contributed by atoms with Gasteiger partial charge in [-0.2, -0.15) is 9.48 Å². The standard InChI is InChI=1S/C15H17N4O3S/c1-8(2)23-13-10-12(18(3)15(21)19(4)14(10)20)16-11(17-13)9-6-5-7-22-9/h5-8,10H,1-4H3/q+1. The van der Waals surface area contributed by atoms with Crippen molar-refractivity contribution in [3.05, 3.63) is 24.2 Å². The Kier molecular flexibility index (Phi) is 3.93. The van der Waals surface area contributed by atoms with Gasteiger partial charge in [-0.3, -0.25) is 4.79 Å². The Morgan fingerprint density at radius 3 is 2.70 bits per heavy atom. The van der Waals surface area contributed by atoms with Gasteiger partial charge in [-0.1, -0.05) is 18.8 Å². The summed E-state index contributed by atoms with van der Waals surface area (Å²) in [6, 6.07) is 3.09. The predicted octanol–water partition coefficient (Wildman–Crippen LogP) is 1.83. The number of furan rings is 1. The molecule has 0 bridgehead atoms. The average molecular weight is 333 g/mol. The first kappa shape index (κ1) is 15.7. The normalized spacial score (nSPS) is 21.6. The molecule has 8 heteroatoms. The number of aliphatic imine (C=N–C) groups is 2. The maximum atomic E-state index is 12.6. The highest BCUT2D eigenvalue weighted by Crippen LogP contribution is 2.28. The summed E-state index contributed by atoms with van der Waals surface area (Å²) in [5.41, 5.74) is 0. The third-order valence-corrected chi connectivity index (χ3v) is 4.57. The fourth-order valence-electron chi connectivity index (χ4n) is 2.42. The average Bonchev–Trinajstić information content (AvgIpc) is 3.04. The molecule has 7 nitrogen and oxygen atoms in total. The zero-order valence-corrected chi connectivity index (χ0v) is 14.1. The molecule has 0 spiro atoms. The largest absolute Gasteiger partial charge is 0.459 e. The van der Waals surface area contributed by atoms with Gasteiger partial charge in [0.05, 0.1) is 20.4 Å². The summed E-state index contributed by atoms with van der Waals surface area (Å²) in [6.07, 6.45) is 1.54. The van der Waals surface area contributed by atoms with Crippen LogP contribution < -0.4 is 0 Å². The Morgan fingerprint density at radius 1 is 1.35 bits per heavy atom. The fourth-order valence-corrected chi connectivity index (χ4v) is 3.39. The number of carbonyl (C=O) groups is 2. The summed E-state index contributed by atoms with van der Waals surface area (Å²) >= 11 is 1.49. The van der Waals surface area contributed by atoms with E-state index in [9.17, 15) is 9.59 Å². The van der Waals surface area contributed by atoms with Crippen LogP contribution in [0.3, 0.4) is 0 Å². The SMILES string of the molecule is CC(C)SC1=NC(c2ccco2)=NC2=[N+](C)C(=O)N(C)C(=O)C12. The van der Waals surface area contributed by atoms with Crippen LogP contribution in [-0.2, 0) is 4.79 Å². The lowest BCUT2D eigenvalue weighted by Crippen LogP contribution is -2.54. The lowest BCUT2D eigenvalue weighted by atomic mass is 10.0. The Hall–Kier alpha value is -2.22. The van der Waals surface area contributed by atoms with Crippen molar-refractivity contribution in [2.45, 2.75) is 19.1 Å². The van der Waals surface area contributed by atoms with Crippen molar-refractivity contribution in [2.24, 2.45) is 15.9 Å². The topological polar surface area (TPSA) is 78.2 Å². The summed E-state index contributed by atoms with van der Waals surface area (Å²) < 4.78 is 6.75. The number of hydrogen-bond acceptors (Lipinski definition) is 6. The van der Waals surface area contributed by atoms with Crippen LogP contribution in [0.15, 0.2) is 32.8 Å². The quantitative estimate of drug-likeness (QED) is 0.774. The first-order chi connectivity index (χ1) is 10.9. The smallest absolute Gasteiger partial charge is 0.445 e. The second kappa shape index (κ2) is 5.77. The van der Waals surface area contributed by atoms with Gasteiger partial charge in [0.2, 0.25) is 0 Å². The van der Waals surface area contributed by atoms with Gasteiger partial charge >= 0.3 is 11.9 Å². The molecule has 3 heterocycles. The first-order valence-corrected chi connectivity index (χ1v) is 8.08. The zero-order chi connectivity index (χ0) is 16.7. The van der Waals surface area contributed by atoms with Crippen LogP contribution in [-0.4, -0.2) is 57.5 Å². The van der Waals surface area contributed by atoms with Crippen molar-refractivity contribution < 1.29 is 18.6 Å². The highest BCUT2D eigenvalue weighted by molar-refractivity contribution is 8.14. The van der Waals surface area contributed by atoms with Crippen LogP contribution in [0.1, 0.15) is 19.6 Å². The van der Waals surface area contributed by atoms with E-state index in [4.69, 9.17) is 4.42 Å². The van der Waals surface area contributed by atoms with E-state index >= 15 is 0 Å². The minimum absolute atomic E-state index is 0.243. The van der Waals surface area contributed by atoms with E-state index in [0.29, 0.717) is 22.5 Å². The molecule has 0 radical (unpaired) electrons. The fraction of sp³-hybridized carbons (Fsp3) is 0.400. The van der Waals surface area contributed by atoms with Gasteiger partial charge in [0.25, 0.3) is 11.7 Å². The third-order valence-electron chi connectivity index (χ3n) is 3.53. The number of amidine groups is 2. The summed E-state index contributed by atoms with van der Waals surface area (Å²) in [4.78, 5) is 34.8. The van der Waals surface area contributed by atoms with Crippen molar-refractivity contribution in [2.75, 3.05) is 14.1 Å². The molecule has 0 saturated carbocycles. The van der Waals surface area contributed by atoms with Crippen LogP contribution in [0.4, 0.5) is 4.79 Å². The first-order valence-electron chi connectivity index (χ1n) is 7.20. The van der Waals surface area contributed by atoms with E-state index in [-0.39, 0.29) is 11.2 Å². The molecule has 3 rings (SSSR count). The van der Waals surface area contributed by atoms with Crippen LogP contribution in [0, 0.1) is 5.92 Å². The molecule has 120 valence electrons. The molecule has 0 fully saturated rings. The van der Waals surface area contributed by atoms with Crippen LogP contribution in [0.5, 0.6) is 0 Å². The van der Waals surface area contributed by atoms with Crippen molar-refractivity contribution in [3.63, 3.8) is 0 Å². The molecule has 2 aliphatic rings. The summed E-state index contributed by atoms with van der Waals surface area (Å²) in [6.45, 7) is 4.05. The van der Waals surface area contributed by atoms with E-state index in [1.54, 1.807) is 19.2 Å². The lowest BCUT2D eigenvalue weighted by molar-refractivity contribution is -0.407. The van der Waals surface area contributed by atoms with Crippen LogP contribution >= 0.6 is 11.8 Å². The Balaban J connectivity index is 2.17. The summed E-state index contributed by atoms with van der Waals surface area (Å²) in [7, 11) is 3.08. The number of rotatable bonds is 2. The Bertz CT molecular complexity index is 762. The van der Waals surface area contributed by atoms with E-state index in [1.807, 2.05) is 13.8 Å². The molecule has 2 aliphatic heterocycles. The summed E-state index contributed by atoms with van der Waals surface area (Å²) in [5.74, 6) is 0.320. The van der Waals surface area contributed by atoms with Gasteiger partial charge in [-0.15, -0.1) is 11.8 Å². The highest BCUT2D eigenvalue weighted by atomic mass is 32.2. The minimum atomic E-state index is -0.645. The third kappa shape index (κ3) is 2.63. The molecule has 1 atom stereocenters. The zero-order valence-electron chi connectivity index (χ0n) is 13.3. The molecule has 3 amide bonds. The molecule has 0 aromatic carbocycles. The van der Waals surface area contributed by atoms with Crippen LogP contribution in [0.2, 0.25) is 0 Å². The minimum Gasteiger partial charge on any atom is -0.459 e. The van der Waals surface area contributed by atoms with Gasteiger partial charge in [-0.05, 0) is 12.1 Å². The molecule has 0 aliphatic carbocycles. The van der Waals surface area contributed by atoms with Crippen molar-refractivity contribution in [3.8, 4) is 0 Å². The monoisotopic (exact) mass is 333 g/mol. The summed E-state index contributed by atoms with van der Waals surface area (Å²) in [5, 5.41) is 0.875. The van der Waals surface area contributed by atoms with Gasteiger partial charge in [0, 0.05) is 5.25 Å². The Morgan fingerprint density at radius 2 is 2.09 bits per heavy atom. The molecule has 1 unspecified atom stereocenters. The van der Waals surface area contributed by atoms with Gasteiger partial charge < -0.3 is 4.42 Å². The number of fused-ring (bicyclic) bond motifs is 1. The van der Waals surface area contributed by atoms with E-state index in [2.05, 4.69) is 9.98 Å². The Labute approximate surface area is 137 Å². The van der Waals surface area contributed by atoms with E-state index < -0.39 is 11.9 Å². The number of nitrogens with zero attached hydrogens (tertiary/aromatic N) is 4. The lowest BCUT2D eigenvalue weighted by Gasteiger charge is -2.26. The number of imide groups is 1. The van der Waals surface area contributed by atoms with Crippen molar-refractivity contribution >= 4 is 40.4 Å². The van der Waals surface area contributed by atoms with Crippen LogP contribution in [0.25, 0.3) is 0 Å². The highest BCUT2D eigenvalue weighted by Gasteiger charge is 2.49. The van der Waals surface area contributed by atoms with E-state index in [0.717, 1.165) is 4.90 Å². The molecule has 1 aromatic heterocycles. The molecule has 0 saturated heterocycles. The van der Waals surface area contributed by atoms with Crippen molar-refractivity contribution in [1.29, 1.82) is 0 Å². The van der Waals surface area contributed by atoms with E-state index in [1.165, 1.54) is 29.6 Å². The second-order valence-corrected chi connectivity index (χ2v) is 7.16. The molecular formula is C15H17N4O3S+. The maximum Gasteiger partial charge on any atom is 0.445 e. The number of thioether (sulfide) groups is 1. The number of urea groups is 1. The van der Waals surface area contributed by atoms with Gasteiger partial charge in [0.15, 0.2) is 11.7 Å². The molecule has 1 aromatic rings. The number of carbonyl (C=O) groups excluding carboxylic acids is 2. The molecular weight excluding hydrogens is 316 g/mol. The molecule has 23 heavy (non-hydrogen) atoms. The predicted molar refractivity (Wildman–Crippen MR) is 88.3 cm³/mol. The second-order valence-electron chi connectivity index (χ2n) is 5.56. The van der Waals surface area contributed by atoms with Gasteiger partial charge in [0.1, 0.15) is 5.04 Å². The van der Waals surface area contributed by atoms with Crippen molar-refractivity contribution in [1.82, 2.24) is 4.90 Å². The maximum absolute atomic E-state index is 12.6. The van der Waals surface area contributed by atoms with Gasteiger partial charge in [-0.25, -0.2) is 9.79 Å². The number of hydrogen-bond donors (Lipinski definition) is 0. The molecule has 0 N–H and O–H groups in total.